The number of nitrogens with zero attached hydrogens (tertiary/aromatic N) is 2. The first kappa shape index (κ1) is 15.6. The summed E-state index contributed by atoms with van der Waals surface area (Å²) >= 11 is 0. The van der Waals surface area contributed by atoms with Crippen LogP contribution in [0, 0.1) is 0 Å². The monoisotopic (exact) mass is 313 g/mol. The maximum atomic E-state index is 12.4. The van der Waals surface area contributed by atoms with Gasteiger partial charge >= 0.3 is 6.09 Å². The highest BCUT2D eigenvalue weighted by molar-refractivity contribution is 5.69. The predicted molar refractivity (Wildman–Crippen MR) is 88.9 cm³/mol. The second-order valence-electron chi connectivity index (χ2n) is 6.88. The summed E-state index contributed by atoms with van der Waals surface area (Å²) < 4.78 is 5.52. The van der Waals surface area contributed by atoms with Crippen molar-refractivity contribution in [2.75, 3.05) is 6.54 Å². The molecule has 1 aliphatic heterocycles. The van der Waals surface area contributed by atoms with Crippen molar-refractivity contribution < 1.29 is 9.53 Å². The number of likely N-dealkylation sites (tertiary alicyclic amines) is 1. The van der Waals surface area contributed by atoms with Gasteiger partial charge in [0.1, 0.15) is 11.4 Å². The van der Waals surface area contributed by atoms with Gasteiger partial charge in [-0.15, -0.1) is 0 Å². The minimum Gasteiger partial charge on any atom is -0.444 e. The number of amides is 1. The van der Waals surface area contributed by atoms with Gasteiger partial charge in [-0.05, 0) is 33.6 Å². The summed E-state index contributed by atoms with van der Waals surface area (Å²) in [7, 11) is 0. The summed E-state index contributed by atoms with van der Waals surface area (Å²) in [6, 6.07) is 10.00. The van der Waals surface area contributed by atoms with Gasteiger partial charge in [-0.25, -0.2) is 9.78 Å². The summed E-state index contributed by atoms with van der Waals surface area (Å²) in [4.78, 5) is 22.0. The standard InChI is InChI=1S/C18H23N3O2/c1-18(2,3)23-17(22)21-11-7-10-15(21)14-12-19-16(20-14)13-8-5-4-6-9-13/h4-6,8-9,12,15H,7,10-11H2,1-3H3,(H,19,20). The minimum absolute atomic E-state index is 0.00909. The first-order valence-corrected chi connectivity index (χ1v) is 8.04. The van der Waals surface area contributed by atoms with Gasteiger partial charge in [-0.1, -0.05) is 30.3 Å². The van der Waals surface area contributed by atoms with E-state index < -0.39 is 5.60 Å². The molecule has 0 bridgehead atoms. The van der Waals surface area contributed by atoms with Crippen LogP contribution in [0.15, 0.2) is 36.5 Å². The normalized spacial score (nSPS) is 18.2. The summed E-state index contributed by atoms with van der Waals surface area (Å²) in [5, 5.41) is 0. The smallest absolute Gasteiger partial charge is 0.410 e. The van der Waals surface area contributed by atoms with Crippen LogP contribution in [0.2, 0.25) is 0 Å². The maximum Gasteiger partial charge on any atom is 0.410 e. The maximum absolute atomic E-state index is 12.4. The second kappa shape index (κ2) is 6.07. The van der Waals surface area contributed by atoms with Gasteiger partial charge in [0.05, 0.1) is 17.9 Å². The van der Waals surface area contributed by atoms with E-state index in [1.165, 1.54) is 0 Å². The van der Waals surface area contributed by atoms with E-state index in [0.717, 1.165) is 36.5 Å². The van der Waals surface area contributed by atoms with Gasteiger partial charge in [0.15, 0.2) is 0 Å². The summed E-state index contributed by atoms with van der Waals surface area (Å²) in [6.45, 7) is 6.39. The van der Waals surface area contributed by atoms with E-state index in [4.69, 9.17) is 4.74 Å². The number of H-pyrrole nitrogens is 1. The van der Waals surface area contributed by atoms with Crippen LogP contribution in [0.4, 0.5) is 4.79 Å². The molecule has 5 nitrogen and oxygen atoms in total. The first-order chi connectivity index (χ1) is 10.9. The number of imidazole rings is 1. The third kappa shape index (κ3) is 3.55. The Morgan fingerprint density at radius 1 is 1.30 bits per heavy atom. The SMILES string of the molecule is CC(C)(C)OC(=O)N1CCCC1c1cnc(-c2ccccc2)[nH]1. The lowest BCUT2D eigenvalue weighted by Crippen LogP contribution is -2.36. The Balaban J connectivity index is 1.78. The third-order valence-electron chi connectivity index (χ3n) is 3.88. The number of carbonyl (C=O) groups excluding carboxylic acids is 1. The van der Waals surface area contributed by atoms with Crippen molar-refractivity contribution >= 4 is 6.09 Å². The number of nitrogens with one attached hydrogen (secondary N) is 1. The molecule has 1 atom stereocenters. The highest BCUT2D eigenvalue weighted by atomic mass is 16.6. The molecule has 122 valence electrons. The van der Waals surface area contributed by atoms with Crippen LogP contribution < -0.4 is 0 Å². The topological polar surface area (TPSA) is 58.2 Å². The molecule has 1 saturated heterocycles. The Labute approximate surface area is 136 Å². The van der Waals surface area contributed by atoms with Gasteiger partial charge in [0.25, 0.3) is 0 Å². The Morgan fingerprint density at radius 2 is 2.04 bits per heavy atom. The zero-order chi connectivity index (χ0) is 16.4. The average Bonchev–Trinajstić information content (AvgIpc) is 3.15. The quantitative estimate of drug-likeness (QED) is 0.906. The number of aromatic amines is 1. The average molecular weight is 313 g/mol. The van der Waals surface area contributed by atoms with E-state index in [9.17, 15) is 4.79 Å². The highest BCUT2D eigenvalue weighted by Crippen LogP contribution is 2.33. The van der Waals surface area contributed by atoms with Crippen molar-refractivity contribution in [1.29, 1.82) is 0 Å². The summed E-state index contributed by atoms with van der Waals surface area (Å²) in [6.07, 6.45) is 3.48. The fourth-order valence-corrected chi connectivity index (χ4v) is 2.88. The number of hydrogen-bond acceptors (Lipinski definition) is 3. The van der Waals surface area contributed by atoms with E-state index in [2.05, 4.69) is 9.97 Å². The van der Waals surface area contributed by atoms with Crippen molar-refractivity contribution in [3.05, 3.63) is 42.2 Å². The van der Waals surface area contributed by atoms with Crippen LogP contribution in [-0.4, -0.2) is 33.1 Å². The summed E-state index contributed by atoms with van der Waals surface area (Å²) in [5.74, 6) is 0.830. The number of aromatic nitrogens is 2. The van der Waals surface area contributed by atoms with Crippen LogP contribution in [0.1, 0.15) is 45.3 Å². The minimum atomic E-state index is -0.479. The van der Waals surface area contributed by atoms with Crippen LogP contribution >= 0.6 is 0 Å². The number of ether oxygens (including phenoxy) is 1. The van der Waals surface area contributed by atoms with Crippen LogP contribution in [0.5, 0.6) is 0 Å². The molecule has 1 amide bonds. The van der Waals surface area contributed by atoms with Gasteiger partial charge in [-0.3, -0.25) is 4.90 Å². The lowest BCUT2D eigenvalue weighted by atomic mass is 10.1. The van der Waals surface area contributed by atoms with Crippen LogP contribution in [-0.2, 0) is 4.74 Å². The Hall–Kier alpha value is -2.30. The number of rotatable bonds is 2. The van der Waals surface area contributed by atoms with E-state index >= 15 is 0 Å². The molecule has 3 rings (SSSR count). The number of hydrogen-bond donors (Lipinski definition) is 1. The largest absolute Gasteiger partial charge is 0.444 e. The van der Waals surface area contributed by atoms with E-state index in [0.29, 0.717) is 0 Å². The van der Waals surface area contributed by atoms with Crippen molar-refractivity contribution in [3.8, 4) is 11.4 Å². The molecule has 0 spiro atoms. The molecule has 1 aromatic heterocycles. The second-order valence-corrected chi connectivity index (χ2v) is 6.88. The van der Waals surface area contributed by atoms with E-state index in [1.54, 1.807) is 4.90 Å². The van der Waals surface area contributed by atoms with Gasteiger partial charge in [0, 0.05) is 12.1 Å². The zero-order valence-electron chi connectivity index (χ0n) is 13.9. The van der Waals surface area contributed by atoms with Crippen LogP contribution in [0.3, 0.4) is 0 Å². The molecule has 23 heavy (non-hydrogen) atoms. The van der Waals surface area contributed by atoms with Crippen molar-refractivity contribution in [1.82, 2.24) is 14.9 Å². The Morgan fingerprint density at radius 3 is 2.74 bits per heavy atom. The molecule has 2 heterocycles. The van der Waals surface area contributed by atoms with Crippen LogP contribution in [0.25, 0.3) is 11.4 Å². The highest BCUT2D eigenvalue weighted by Gasteiger charge is 2.34. The number of carbonyl (C=O) groups is 1. The lowest BCUT2D eigenvalue weighted by Gasteiger charge is -2.28. The molecular weight excluding hydrogens is 290 g/mol. The molecule has 0 aliphatic carbocycles. The molecule has 1 fully saturated rings. The van der Waals surface area contributed by atoms with Gasteiger partial charge in [-0.2, -0.15) is 0 Å². The lowest BCUT2D eigenvalue weighted by molar-refractivity contribution is 0.0222. The molecule has 1 aromatic carbocycles. The van der Waals surface area contributed by atoms with E-state index in [-0.39, 0.29) is 12.1 Å². The Bertz CT molecular complexity index is 673. The van der Waals surface area contributed by atoms with Crippen molar-refractivity contribution in [2.45, 2.75) is 45.3 Å². The van der Waals surface area contributed by atoms with Gasteiger partial charge < -0.3 is 9.72 Å². The molecule has 2 aromatic rings. The molecule has 1 unspecified atom stereocenters. The van der Waals surface area contributed by atoms with Crippen molar-refractivity contribution in [2.24, 2.45) is 0 Å². The molecule has 5 heteroatoms. The zero-order valence-corrected chi connectivity index (χ0v) is 13.9. The Kier molecular flexibility index (Phi) is 4.11. The fraction of sp³-hybridized carbons (Fsp3) is 0.444. The molecule has 0 saturated carbocycles. The fourth-order valence-electron chi connectivity index (χ4n) is 2.88. The first-order valence-electron chi connectivity index (χ1n) is 8.04. The predicted octanol–water partition coefficient (Wildman–Crippen LogP) is 4.15. The molecular formula is C18H23N3O2. The number of benzene rings is 1. The molecule has 1 N–H and O–H groups in total. The van der Waals surface area contributed by atoms with Crippen molar-refractivity contribution in [3.63, 3.8) is 0 Å². The van der Waals surface area contributed by atoms with E-state index in [1.807, 2.05) is 57.3 Å². The molecule has 1 aliphatic rings. The van der Waals surface area contributed by atoms with Gasteiger partial charge in [0.2, 0.25) is 0 Å². The third-order valence-corrected chi connectivity index (χ3v) is 3.88. The summed E-state index contributed by atoms with van der Waals surface area (Å²) in [5.41, 5.74) is 1.53. The molecule has 0 radical (unpaired) electrons.